The zero-order valence-corrected chi connectivity index (χ0v) is 12.4. The molecule has 1 N–H and O–H groups in total. The third-order valence-corrected chi connectivity index (χ3v) is 5.64. The van der Waals surface area contributed by atoms with Gasteiger partial charge >= 0.3 is 0 Å². The Balaban J connectivity index is 2.34. The van der Waals surface area contributed by atoms with Gasteiger partial charge in [0.2, 0.25) is 0 Å². The molecule has 4 nitrogen and oxygen atoms in total. The molecule has 8 heteroatoms. The molecule has 19 heavy (non-hydrogen) atoms. The number of anilines is 1. The highest BCUT2D eigenvalue weighted by molar-refractivity contribution is 9.10. The summed E-state index contributed by atoms with van der Waals surface area (Å²) in [7, 11) is -3.77. The number of hydrogen-bond donors (Lipinski definition) is 1. The van der Waals surface area contributed by atoms with Crippen LogP contribution in [0.3, 0.4) is 0 Å². The molecule has 0 aliphatic rings. The summed E-state index contributed by atoms with van der Waals surface area (Å²) in [5.41, 5.74) is 0.230. The van der Waals surface area contributed by atoms with Gasteiger partial charge in [-0.05, 0) is 46.3 Å². The molecule has 1 heterocycles. The van der Waals surface area contributed by atoms with Gasteiger partial charge in [-0.1, -0.05) is 0 Å². The number of nitriles is 1. The largest absolute Gasteiger partial charge is 0.278 e. The van der Waals surface area contributed by atoms with Gasteiger partial charge in [0.1, 0.15) is 21.0 Å². The molecule has 0 unspecified atom stereocenters. The van der Waals surface area contributed by atoms with Crippen LogP contribution in [-0.4, -0.2) is 8.42 Å². The van der Waals surface area contributed by atoms with E-state index in [0.29, 0.717) is 9.35 Å². The number of sulfonamides is 1. The van der Waals surface area contributed by atoms with Crippen molar-refractivity contribution >= 4 is 43.0 Å². The van der Waals surface area contributed by atoms with Gasteiger partial charge in [0.05, 0.1) is 5.69 Å². The van der Waals surface area contributed by atoms with Crippen molar-refractivity contribution in [2.45, 2.75) is 4.21 Å². The molecule has 0 spiro atoms. The predicted octanol–water partition coefficient (Wildman–Crippen LogP) is 3.32. The Morgan fingerprint density at radius 3 is 2.63 bits per heavy atom. The molecule has 2 aromatic rings. The molecule has 0 bridgehead atoms. The fourth-order valence-electron chi connectivity index (χ4n) is 1.29. The Bertz CT molecular complexity index is 765. The smallest absolute Gasteiger partial charge is 0.271 e. The van der Waals surface area contributed by atoms with Crippen LogP contribution in [0.5, 0.6) is 0 Å². The summed E-state index contributed by atoms with van der Waals surface area (Å²) in [6, 6.07) is 8.27. The fraction of sp³-hybridized carbons (Fsp3) is 0. The summed E-state index contributed by atoms with van der Waals surface area (Å²) in [5, 5.41) is 8.68. The second-order valence-corrected chi connectivity index (χ2v) is 7.31. The van der Waals surface area contributed by atoms with Crippen LogP contribution in [0.1, 0.15) is 4.88 Å². The van der Waals surface area contributed by atoms with Crippen molar-refractivity contribution in [2.75, 3.05) is 4.72 Å². The molecule has 0 atom stereocenters. The van der Waals surface area contributed by atoms with Crippen molar-refractivity contribution in [3.63, 3.8) is 0 Å². The van der Waals surface area contributed by atoms with Crippen LogP contribution in [-0.2, 0) is 10.0 Å². The standard InChI is InChI=1S/C11H6BrFN2O2S2/c12-9-5-7(13)1-3-10(9)15-19(16,17)11-4-2-8(6-14)18-11/h1-5,15H. The van der Waals surface area contributed by atoms with Crippen LogP contribution in [0.4, 0.5) is 10.1 Å². The van der Waals surface area contributed by atoms with Gasteiger partial charge in [0.15, 0.2) is 0 Å². The van der Waals surface area contributed by atoms with E-state index in [9.17, 15) is 12.8 Å². The number of benzene rings is 1. The van der Waals surface area contributed by atoms with Gasteiger partial charge in [-0.15, -0.1) is 11.3 Å². The van der Waals surface area contributed by atoms with E-state index in [4.69, 9.17) is 5.26 Å². The Morgan fingerprint density at radius 2 is 2.05 bits per heavy atom. The molecule has 0 radical (unpaired) electrons. The highest BCUT2D eigenvalue weighted by Gasteiger charge is 2.18. The molecule has 2 rings (SSSR count). The van der Waals surface area contributed by atoms with Gasteiger partial charge in [-0.2, -0.15) is 5.26 Å². The average molecular weight is 361 g/mol. The summed E-state index contributed by atoms with van der Waals surface area (Å²) >= 11 is 3.94. The number of rotatable bonds is 3. The lowest BCUT2D eigenvalue weighted by Gasteiger charge is -2.08. The number of nitrogens with one attached hydrogen (secondary N) is 1. The highest BCUT2D eigenvalue weighted by atomic mass is 79.9. The molecule has 0 fully saturated rings. The maximum Gasteiger partial charge on any atom is 0.271 e. The van der Waals surface area contributed by atoms with E-state index < -0.39 is 15.8 Å². The predicted molar refractivity (Wildman–Crippen MR) is 73.9 cm³/mol. The summed E-state index contributed by atoms with van der Waals surface area (Å²) in [4.78, 5) is 0.304. The van der Waals surface area contributed by atoms with Crippen LogP contribution in [0.25, 0.3) is 0 Å². The Hall–Kier alpha value is -1.43. The minimum atomic E-state index is -3.77. The highest BCUT2D eigenvalue weighted by Crippen LogP contribution is 2.28. The SMILES string of the molecule is N#Cc1ccc(S(=O)(=O)Nc2ccc(F)cc2Br)s1. The van der Waals surface area contributed by atoms with Crippen molar-refractivity contribution in [3.8, 4) is 6.07 Å². The summed E-state index contributed by atoms with van der Waals surface area (Å²) in [6.45, 7) is 0. The molecular weight excluding hydrogens is 355 g/mol. The van der Waals surface area contributed by atoms with Crippen LogP contribution < -0.4 is 4.72 Å². The van der Waals surface area contributed by atoms with Crippen molar-refractivity contribution in [2.24, 2.45) is 0 Å². The maximum atomic E-state index is 12.9. The minimum absolute atomic E-state index is 0.0280. The first-order chi connectivity index (χ1) is 8.92. The van der Waals surface area contributed by atoms with E-state index in [1.807, 2.05) is 6.07 Å². The monoisotopic (exact) mass is 360 g/mol. The zero-order chi connectivity index (χ0) is 14.0. The van der Waals surface area contributed by atoms with Crippen molar-refractivity contribution in [1.82, 2.24) is 0 Å². The lowest BCUT2D eigenvalue weighted by atomic mass is 10.3. The average Bonchev–Trinajstić information content (AvgIpc) is 2.82. The fourth-order valence-corrected chi connectivity index (χ4v) is 4.06. The first kappa shape index (κ1) is 14.0. The summed E-state index contributed by atoms with van der Waals surface area (Å²) in [6.07, 6.45) is 0. The lowest BCUT2D eigenvalue weighted by molar-refractivity contribution is 0.603. The molecule has 1 aromatic heterocycles. The Kier molecular flexibility index (Phi) is 3.89. The minimum Gasteiger partial charge on any atom is -0.278 e. The zero-order valence-electron chi connectivity index (χ0n) is 9.22. The number of nitrogens with zero attached hydrogens (tertiary/aromatic N) is 1. The number of hydrogen-bond acceptors (Lipinski definition) is 4. The van der Waals surface area contributed by atoms with E-state index in [1.54, 1.807) is 0 Å². The van der Waals surface area contributed by atoms with Crippen molar-refractivity contribution in [1.29, 1.82) is 5.26 Å². The quantitative estimate of drug-likeness (QED) is 0.912. The van der Waals surface area contributed by atoms with Gasteiger partial charge < -0.3 is 0 Å². The van der Waals surface area contributed by atoms with E-state index in [-0.39, 0.29) is 9.90 Å². The Morgan fingerprint density at radius 1 is 1.32 bits per heavy atom. The molecule has 0 aliphatic heterocycles. The first-order valence-corrected chi connectivity index (χ1v) is 7.99. The number of thiophene rings is 1. The van der Waals surface area contributed by atoms with Crippen LogP contribution in [0, 0.1) is 17.1 Å². The number of halogens is 2. The molecule has 0 amide bonds. The molecule has 1 aromatic carbocycles. The molecule has 98 valence electrons. The second-order valence-electron chi connectivity index (χ2n) is 3.46. The van der Waals surface area contributed by atoms with Crippen molar-refractivity contribution in [3.05, 3.63) is 45.5 Å². The molecular formula is C11H6BrFN2O2S2. The van der Waals surface area contributed by atoms with E-state index >= 15 is 0 Å². The molecule has 0 saturated carbocycles. The van der Waals surface area contributed by atoms with Gasteiger partial charge in [0, 0.05) is 4.47 Å². The topological polar surface area (TPSA) is 70.0 Å². The molecule has 0 aliphatic carbocycles. The van der Waals surface area contributed by atoms with Gasteiger partial charge in [0.25, 0.3) is 10.0 Å². The van der Waals surface area contributed by atoms with Crippen molar-refractivity contribution < 1.29 is 12.8 Å². The van der Waals surface area contributed by atoms with Crippen LogP contribution in [0.15, 0.2) is 39.0 Å². The maximum absolute atomic E-state index is 12.9. The third kappa shape index (κ3) is 3.12. The lowest BCUT2D eigenvalue weighted by Crippen LogP contribution is -2.11. The van der Waals surface area contributed by atoms with Gasteiger partial charge in [-0.25, -0.2) is 12.8 Å². The normalized spacial score (nSPS) is 11.0. The molecule has 0 saturated heterocycles. The Labute approximate surface area is 121 Å². The second kappa shape index (κ2) is 5.28. The van der Waals surface area contributed by atoms with Gasteiger partial charge in [-0.3, -0.25) is 4.72 Å². The third-order valence-electron chi connectivity index (χ3n) is 2.13. The van der Waals surface area contributed by atoms with Crippen LogP contribution in [0.2, 0.25) is 0 Å². The van der Waals surface area contributed by atoms with E-state index in [0.717, 1.165) is 23.5 Å². The first-order valence-electron chi connectivity index (χ1n) is 4.90. The summed E-state index contributed by atoms with van der Waals surface area (Å²) < 4.78 is 39.7. The summed E-state index contributed by atoms with van der Waals surface area (Å²) in [5.74, 6) is -0.474. The van der Waals surface area contributed by atoms with E-state index in [1.165, 1.54) is 18.2 Å². The van der Waals surface area contributed by atoms with E-state index in [2.05, 4.69) is 20.7 Å². The van der Waals surface area contributed by atoms with Crippen LogP contribution >= 0.6 is 27.3 Å².